The van der Waals surface area contributed by atoms with Crippen LogP contribution in [0.1, 0.15) is 45.1 Å². The van der Waals surface area contributed by atoms with Crippen LogP contribution in [-0.2, 0) is 28.0 Å². The number of carbonyl (C=O) groups excluding carboxylic acids is 2. The summed E-state index contributed by atoms with van der Waals surface area (Å²) in [7, 11) is 1.67. The lowest BCUT2D eigenvalue weighted by Gasteiger charge is -2.41. The molecule has 0 spiro atoms. The predicted octanol–water partition coefficient (Wildman–Crippen LogP) is 4.02. The Morgan fingerprint density at radius 3 is 2.82 bits per heavy atom. The fourth-order valence-electron chi connectivity index (χ4n) is 6.95. The number of amides is 1. The monoisotopic (exact) mass is 594 g/mol. The molecule has 2 atom stereocenters. The number of H-pyrrole nitrogens is 1. The Balaban J connectivity index is 1.27. The first-order valence-corrected chi connectivity index (χ1v) is 15.0. The van der Waals surface area contributed by atoms with Crippen molar-refractivity contribution >= 4 is 40.4 Å². The normalized spacial score (nSPS) is 19.8. The Hall–Kier alpha value is -5.00. The summed E-state index contributed by atoms with van der Waals surface area (Å²) < 4.78 is 7.00. The molecule has 4 aromatic rings. The van der Waals surface area contributed by atoms with E-state index in [4.69, 9.17) is 4.74 Å². The minimum atomic E-state index is -0.439. The molecule has 2 N–H and O–H groups in total. The second-order valence-corrected chi connectivity index (χ2v) is 11.7. The molecule has 0 saturated carbocycles. The van der Waals surface area contributed by atoms with Crippen LogP contribution in [0.3, 0.4) is 0 Å². The van der Waals surface area contributed by atoms with E-state index >= 15 is 0 Å². The predicted molar refractivity (Wildman–Crippen MR) is 165 cm³/mol. The molecule has 12 nitrogen and oxygen atoms in total. The third-order valence-corrected chi connectivity index (χ3v) is 9.02. The maximum atomic E-state index is 14.2. The number of ether oxygens (including phenoxy) is 1. The number of esters is 1. The number of fused-ring (bicyclic) bond motifs is 3. The molecule has 2 unspecified atom stereocenters. The maximum absolute atomic E-state index is 14.2. The number of piperazine rings is 1. The first-order valence-electron chi connectivity index (χ1n) is 15.0. The lowest BCUT2D eigenvalue weighted by molar-refractivity contribution is -0.142. The zero-order chi connectivity index (χ0) is 30.5. The van der Waals surface area contributed by atoms with Crippen LogP contribution in [-0.4, -0.2) is 60.4 Å². The van der Waals surface area contributed by atoms with Crippen molar-refractivity contribution in [1.82, 2.24) is 29.4 Å². The van der Waals surface area contributed by atoms with Crippen molar-refractivity contribution in [2.45, 2.75) is 52.2 Å². The standard InChI is InChI=1S/C32H34N8O4/c1-18-21-6-4-5-7-26(21)39-12-13-40(32(43)28(18)39)30-23(16-44-19(2)41)22(10-11-33-30)20-14-25(31(42)38(3)15-20)36-27-9-8-24-29(37-27)35-17-34-24/h8-11,14-15,17-18,28H,4-7,12-13,16H2,1-3H3,(H2,34,35,36,37). The summed E-state index contributed by atoms with van der Waals surface area (Å²) in [5.74, 6) is 0.659. The molecule has 0 bridgehead atoms. The van der Waals surface area contributed by atoms with Crippen LogP contribution in [0.25, 0.3) is 22.3 Å². The van der Waals surface area contributed by atoms with Gasteiger partial charge in [-0.15, -0.1) is 0 Å². The van der Waals surface area contributed by atoms with Crippen molar-refractivity contribution < 1.29 is 14.3 Å². The summed E-state index contributed by atoms with van der Waals surface area (Å²) in [4.78, 5) is 59.8. The Morgan fingerprint density at radius 1 is 1.14 bits per heavy atom. The number of imidazole rings is 1. The van der Waals surface area contributed by atoms with Gasteiger partial charge in [-0.25, -0.2) is 15.0 Å². The van der Waals surface area contributed by atoms with Crippen LogP contribution in [0, 0.1) is 5.92 Å². The number of nitrogens with zero attached hydrogens (tertiary/aromatic N) is 6. The molecule has 6 heterocycles. The number of nitrogens with one attached hydrogen (secondary N) is 2. The highest BCUT2D eigenvalue weighted by molar-refractivity contribution is 5.99. The van der Waals surface area contributed by atoms with Gasteiger partial charge in [0.25, 0.3) is 11.5 Å². The van der Waals surface area contributed by atoms with E-state index in [9.17, 15) is 14.4 Å². The summed E-state index contributed by atoms with van der Waals surface area (Å²) in [5, 5.41) is 3.14. The topological polar surface area (TPSA) is 138 Å². The number of hydrogen-bond acceptors (Lipinski definition) is 9. The minimum Gasteiger partial charge on any atom is -0.461 e. The van der Waals surface area contributed by atoms with E-state index in [1.807, 2.05) is 12.1 Å². The van der Waals surface area contributed by atoms with Crippen LogP contribution >= 0.6 is 0 Å². The van der Waals surface area contributed by atoms with Crippen molar-refractivity contribution in [2.24, 2.45) is 13.0 Å². The fourth-order valence-corrected chi connectivity index (χ4v) is 6.95. The first-order chi connectivity index (χ1) is 21.3. The minimum absolute atomic E-state index is 0.00882. The zero-order valence-corrected chi connectivity index (χ0v) is 25.0. The molecule has 44 heavy (non-hydrogen) atoms. The van der Waals surface area contributed by atoms with E-state index < -0.39 is 5.97 Å². The van der Waals surface area contributed by atoms with Gasteiger partial charge in [0.2, 0.25) is 0 Å². The SMILES string of the molecule is CC(=O)OCc1c(-c2cc(Nc3ccc4[nH]cnc4n3)c(=O)n(C)c2)ccnc1N1CCN2C3=C(CCCC3)C(C)C2C1=O. The van der Waals surface area contributed by atoms with Crippen molar-refractivity contribution in [1.29, 1.82) is 0 Å². The summed E-state index contributed by atoms with van der Waals surface area (Å²) in [6.07, 6.45) is 9.36. The molecule has 1 amide bonds. The molecule has 0 aromatic carbocycles. The van der Waals surface area contributed by atoms with Gasteiger partial charge >= 0.3 is 5.97 Å². The van der Waals surface area contributed by atoms with Gasteiger partial charge in [-0.05, 0) is 61.1 Å². The van der Waals surface area contributed by atoms with Gasteiger partial charge in [0.05, 0.1) is 11.8 Å². The van der Waals surface area contributed by atoms with E-state index in [2.05, 4.69) is 37.1 Å². The zero-order valence-electron chi connectivity index (χ0n) is 25.0. The summed E-state index contributed by atoms with van der Waals surface area (Å²) in [6.45, 7) is 4.64. The van der Waals surface area contributed by atoms with Gasteiger partial charge in [0.1, 0.15) is 30.0 Å². The van der Waals surface area contributed by atoms with Crippen LogP contribution in [0.5, 0.6) is 0 Å². The first kappa shape index (κ1) is 27.8. The van der Waals surface area contributed by atoms with E-state index in [-0.39, 0.29) is 30.0 Å². The fraction of sp³-hybridized carbons (Fsp3) is 0.375. The Labute approximate surface area is 253 Å². The van der Waals surface area contributed by atoms with Crippen molar-refractivity contribution in [3.63, 3.8) is 0 Å². The number of hydrogen-bond donors (Lipinski definition) is 2. The van der Waals surface area contributed by atoms with Gasteiger partial charge in [0, 0.05) is 62.2 Å². The Morgan fingerprint density at radius 2 is 1.98 bits per heavy atom. The van der Waals surface area contributed by atoms with Gasteiger partial charge in [-0.1, -0.05) is 6.92 Å². The number of aromatic amines is 1. The quantitative estimate of drug-likeness (QED) is 0.317. The number of allylic oxidation sites excluding steroid dienone is 1. The molecule has 7 rings (SSSR count). The number of carbonyl (C=O) groups is 2. The molecule has 1 fully saturated rings. The third kappa shape index (κ3) is 4.70. The Bertz CT molecular complexity index is 1890. The summed E-state index contributed by atoms with van der Waals surface area (Å²) >= 11 is 0. The van der Waals surface area contributed by atoms with Crippen molar-refractivity contribution in [3.8, 4) is 11.1 Å². The lowest BCUT2D eigenvalue weighted by Crippen LogP contribution is -2.57. The molecule has 226 valence electrons. The second kappa shape index (κ2) is 10.9. The highest BCUT2D eigenvalue weighted by atomic mass is 16.5. The summed E-state index contributed by atoms with van der Waals surface area (Å²) in [6, 6.07) is 6.91. The molecule has 4 aromatic heterocycles. The van der Waals surface area contributed by atoms with Gasteiger partial charge in [-0.2, -0.15) is 0 Å². The number of pyridine rings is 3. The highest BCUT2D eigenvalue weighted by Crippen LogP contribution is 2.44. The van der Waals surface area contributed by atoms with E-state index in [1.54, 1.807) is 42.8 Å². The van der Waals surface area contributed by atoms with Gasteiger partial charge in [-0.3, -0.25) is 19.3 Å². The molecule has 3 aliphatic rings. The van der Waals surface area contributed by atoms with Crippen LogP contribution in [0.15, 0.2) is 59.1 Å². The Kier molecular flexibility index (Phi) is 6.91. The van der Waals surface area contributed by atoms with Crippen LogP contribution in [0.2, 0.25) is 0 Å². The van der Waals surface area contributed by atoms with Crippen LogP contribution in [0.4, 0.5) is 17.3 Å². The average molecular weight is 595 g/mol. The molecule has 12 heteroatoms. The van der Waals surface area contributed by atoms with Crippen LogP contribution < -0.4 is 15.8 Å². The second-order valence-electron chi connectivity index (χ2n) is 11.7. The number of aryl methyl sites for hydroxylation is 1. The third-order valence-electron chi connectivity index (χ3n) is 9.02. The largest absolute Gasteiger partial charge is 0.461 e. The average Bonchev–Trinajstić information content (AvgIpc) is 3.61. The van der Waals surface area contributed by atoms with E-state index in [0.717, 1.165) is 31.3 Å². The van der Waals surface area contributed by atoms with Gasteiger partial charge < -0.3 is 24.5 Å². The van der Waals surface area contributed by atoms with Crippen molar-refractivity contribution in [3.05, 3.63) is 70.2 Å². The highest BCUT2D eigenvalue weighted by Gasteiger charge is 2.47. The molecular formula is C32H34N8O4. The molecular weight excluding hydrogens is 560 g/mol. The van der Waals surface area contributed by atoms with Crippen molar-refractivity contribution in [2.75, 3.05) is 23.3 Å². The lowest BCUT2D eigenvalue weighted by atomic mass is 9.88. The van der Waals surface area contributed by atoms with Gasteiger partial charge in [0.15, 0.2) is 5.65 Å². The van der Waals surface area contributed by atoms with E-state index in [1.165, 1.54) is 29.2 Å². The molecule has 0 radical (unpaired) electrons. The molecule has 1 aliphatic carbocycles. The summed E-state index contributed by atoms with van der Waals surface area (Å²) in [5.41, 5.74) is 6.17. The smallest absolute Gasteiger partial charge is 0.302 e. The maximum Gasteiger partial charge on any atom is 0.302 e. The molecule has 1 saturated heterocycles. The number of anilines is 3. The molecule has 2 aliphatic heterocycles. The number of rotatable bonds is 6. The van der Waals surface area contributed by atoms with E-state index in [0.29, 0.717) is 46.2 Å². The number of aromatic nitrogens is 5.